The fourth-order valence-electron chi connectivity index (χ4n) is 2.37. The van der Waals surface area contributed by atoms with Crippen molar-refractivity contribution in [3.63, 3.8) is 0 Å². The standard InChI is InChI=1S/C18H14F2O2S/c1-10-3-5-14-12(7-17(21)22-18(14)11(10)2)9-23-13-4-6-15(19)16(20)8-13/h3-8H,9H2,1-2H3. The summed E-state index contributed by atoms with van der Waals surface area (Å²) < 4.78 is 31.6. The van der Waals surface area contributed by atoms with Gasteiger partial charge in [-0.1, -0.05) is 12.1 Å². The highest BCUT2D eigenvalue weighted by Crippen LogP contribution is 2.29. The van der Waals surface area contributed by atoms with E-state index in [4.69, 9.17) is 4.42 Å². The summed E-state index contributed by atoms with van der Waals surface area (Å²) in [6.07, 6.45) is 0. The summed E-state index contributed by atoms with van der Waals surface area (Å²) in [6, 6.07) is 9.12. The van der Waals surface area contributed by atoms with Gasteiger partial charge < -0.3 is 4.42 Å². The molecule has 0 saturated heterocycles. The summed E-state index contributed by atoms with van der Waals surface area (Å²) in [5.41, 5.74) is 2.96. The van der Waals surface area contributed by atoms with Crippen molar-refractivity contribution >= 4 is 22.7 Å². The van der Waals surface area contributed by atoms with Gasteiger partial charge in [0.2, 0.25) is 0 Å². The van der Waals surface area contributed by atoms with E-state index in [0.717, 1.165) is 34.2 Å². The van der Waals surface area contributed by atoms with Crippen molar-refractivity contribution in [3.05, 3.63) is 75.1 Å². The van der Waals surface area contributed by atoms with Gasteiger partial charge in [0.15, 0.2) is 11.6 Å². The minimum absolute atomic E-state index is 0.410. The van der Waals surface area contributed by atoms with Crippen LogP contribution in [0.3, 0.4) is 0 Å². The predicted molar refractivity (Wildman–Crippen MR) is 87.9 cm³/mol. The van der Waals surface area contributed by atoms with Gasteiger partial charge in [-0.15, -0.1) is 11.8 Å². The lowest BCUT2D eigenvalue weighted by Crippen LogP contribution is -2.01. The molecule has 0 amide bonds. The van der Waals surface area contributed by atoms with Crippen molar-refractivity contribution < 1.29 is 13.2 Å². The van der Waals surface area contributed by atoms with Crippen molar-refractivity contribution in [3.8, 4) is 0 Å². The molecule has 0 aliphatic rings. The van der Waals surface area contributed by atoms with Crippen LogP contribution in [-0.4, -0.2) is 0 Å². The SMILES string of the molecule is Cc1ccc2c(CSc3ccc(F)c(F)c3)cc(=O)oc2c1C. The Bertz CT molecular complexity index is 948. The average Bonchev–Trinajstić information content (AvgIpc) is 2.52. The first-order chi connectivity index (χ1) is 11.0. The van der Waals surface area contributed by atoms with Crippen LogP contribution in [0.1, 0.15) is 16.7 Å². The van der Waals surface area contributed by atoms with E-state index in [1.165, 1.54) is 23.9 Å². The molecule has 0 radical (unpaired) electrons. The lowest BCUT2D eigenvalue weighted by atomic mass is 10.0. The zero-order valence-corrected chi connectivity index (χ0v) is 13.5. The van der Waals surface area contributed by atoms with Crippen molar-refractivity contribution in [2.45, 2.75) is 24.5 Å². The second kappa shape index (κ2) is 6.16. The van der Waals surface area contributed by atoms with E-state index in [1.807, 2.05) is 26.0 Å². The molecule has 0 saturated carbocycles. The quantitative estimate of drug-likeness (QED) is 0.500. The Morgan fingerprint density at radius 3 is 2.57 bits per heavy atom. The maximum absolute atomic E-state index is 13.3. The van der Waals surface area contributed by atoms with Crippen molar-refractivity contribution in [1.82, 2.24) is 0 Å². The zero-order valence-electron chi connectivity index (χ0n) is 12.7. The van der Waals surface area contributed by atoms with E-state index in [-0.39, 0.29) is 0 Å². The number of hydrogen-bond donors (Lipinski definition) is 0. The molecule has 3 rings (SSSR count). The first kappa shape index (κ1) is 15.7. The van der Waals surface area contributed by atoms with Crippen LogP contribution in [0.15, 0.2) is 50.5 Å². The number of fused-ring (bicyclic) bond motifs is 1. The molecule has 2 nitrogen and oxygen atoms in total. The minimum atomic E-state index is -0.876. The molecule has 0 spiro atoms. The highest BCUT2D eigenvalue weighted by Gasteiger charge is 2.10. The molecule has 118 valence electrons. The van der Waals surface area contributed by atoms with Gasteiger partial charge >= 0.3 is 5.63 Å². The lowest BCUT2D eigenvalue weighted by molar-refractivity contribution is 0.506. The first-order valence-corrected chi connectivity index (χ1v) is 8.05. The molecule has 0 aliphatic carbocycles. The van der Waals surface area contributed by atoms with Gasteiger partial charge in [0.1, 0.15) is 5.58 Å². The predicted octanol–water partition coefficient (Wildman–Crippen LogP) is 4.98. The van der Waals surface area contributed by atoms with E-state index < -0.39 is 17.3 Å². The summed E-state index contributed by atoms with van der Waals surface area (Å²) >= 11 is 1.34. The van der Waals surface area contributed by atoms with E-state index in [9.17, 15) is 13.6 Å². The van der Waals surface area contributed by atoms with Crippen molar-refractivity contribution in [2.24, 2.45) is 0 Å². The Morgan fingerprint density at radius 2 is 1.83 bits per heavy atom. The highest BCUT2D eigenvalue weighted by molar-refractivity contribution is 7.98. The molecule has 1 aromatic heterocycles. The summed E-state index contributed by atoms with van der Waals surface area (Å²) in [5.74, 6) is -1.28. The number of rotatable bonds is 3. The molecule has 0 fully saturated rings. The molecular formula is C18H14F2O2S. The Balaban J connectivity index is 1.98. The second-order valence-electron chi connectivity index (χ2n) is 5.34. The zero-order chi connectivity index (χ0) is 16.6. The van der Waals surface area contributed by atoms with E-state index in [0.29, 0.717) is 16.2 Å². The number of aryl methyl sites for hydroxylation is 2. The van der Waals surface area contributed by atoms with Gasteiger partial charge in [-0.2, -0.15) is 0 Å². The Hall–Kier alpha value is -2.14. The van der Waals surface area contributed by atoms with Gasteiger partial charge in [0.05, 0.1) is 0 Å². The van der Waals surface area contributed by atoms with Crippen LogP contribution in [-0.2, 0) is 5.75 Å². The third-order valence-corrected chi connectivity index (χ3v) is 4.85. The third-order valence-electron chi connectivity index (χ3n) is 3.80. The number of halogens is 2. The number of thioether (sulfide) groups is 1. The topological polar surface area (TPSA) is 30.2 Å². The number of benzene rings is 2. The van der Waals surface area contributed by atoms with Crippen LogP contribution in [0.4, 0.5) is 8.78 Å². The summed E-state index contributed by atoms with van der Waals surface area (Å²) in [6.45, 7) is 3.87. The summed E-state index contributed by atoms with van der Waals surface area (Å²) in [4.78, 5) is 12.4. The first-order valence-electron chi connectivity index (χ1n) is 7.06. The van der Waals surface area contributed by atoms with E-state index >= 15 is 0 Å². The van der Waals surface area contributed by atoms with Gasteiger partial charge in [0, 0.05) is 22.1 Å². The Kier molecular flexibility index (Phi) is 4.22. The monoisotopic (exact) mass is 332 g/mol. The molecule has 5 heteroatoms. The maximum atomic E-state index is 13.3. The van der Waals surface area contributed by atoms with Crippen LogP contribution in [0.5, 0.6) is 0 Å². The normalized spacial score (nSPS) is 11.1. The van der Waals surface area contributed by atoms with Gasteiger partial charge in [-0.3, -0.25) is 0 Å². The lowest BCUT2D eigenvalue weighted by Gasteiger charge is -2.09. The molecule has 23 heavy (non-hydrogen) atoms. The maximum Gasteiger partial charge on any atom is 0.336 e. The largest absolute Gasteiger partial charge is 0.422 e. The van der Waals surface area contributed by atoms with Crippen molar-refractivity contribution in [1.29, 1.82) is 0 Å². The molecule has 0 bridgehead atoms. The fourth-order valence-corrected chi connectivity index (χ4v) is 3.28. The van der Waals surface area contributed by atoms with Gasteiger partial charge in [-0.05, 0) is 48.7 Å². The fraction of sp³-hybridized carbons (Fsp3) is 0.167. The van der Waals surface area contributed by atoms with E-state index in [2.05, 4.69) is 0 Å². The van der Waals surface area contributed by atoms with E-state index in [1.54, 1.807) is 0 Å². The molecule has 2 aromatic carbocycles. The molecule has 0 unspecified atom stereocenters. The Labute approximate surface area is 136 Å². The van der Waals surface area contributed by atoms with Crippen molar-refractivity contribution in [2.75, 3.05) is 0 Å². The average molecular weight is 332 g/mol. The molecule has 0 aliphatic heterocycles. The molecule has 0 N–H and O–H groups in total. The van der Waals surface area contributed by atoms with Gasteiger partial charge in [-0.25, -0.2) is 13.6 Å². The van der Waals surface area contributed by atoms with Gasteiger partial charge in [0.25, 0.3) is 0 Å². The minimum Gasteiger partial charge on any atom is -0.422 e. The van der Waals surface area contributed by atoms with Crippen LogP contribution >= 0.6 is 11.8 Å². The Morgan fingerprint density at radius 1 is 1.04 bits per heavy atom. The molecule has 0 atom stereocenters. The van der Waals surface area contributed by atoms with Crippen LogP contribution in [0.2, 0.25) is 0 Å². The summed E-state index contributed by atoms with van der Waals surface area (Å²) in [5, 5.41) is 0.864. The van der Waals surface area contributed by atoms with Crippen LogP contribution < -0.4 is 5.63 Å². The van der Waals surface area contributed by atoms with Crippen LogP contribution in [0.25, 0.3) is 11.0 Å². The summed E-state index contributed by atoms with van der Waals surface area (Å²) in [7, 11) is 0. The van der Waals surface area contributed by atoms with Crippen LogP contribution in [0, 0.1) is 25.5 Å². The molecular weight excluding hydrogens is 318 g/mol. The second-order valence-corrected chi connectivity index (χ2v) is 6.39. The number of hydrogen-bond acceptors (Lipinski definition) is 3. The third kappa shape index (κ3) is 3.15. The highest BCUT2D eigenvalue weighted by atomic mass is 32.2. The smallest absolute Gasteiger partial charge is 0.336 e. The molecule has 3 aromatic rings. The molecule has 1 heterocycles.